The molecule has 100 valence electrons. The van der Waals surface area contributed by atoms with Crippen molar-refractivity contribution in [2.75, 3.05) is 13.6 Å². The van der Waals surface area contributed by atoms with Crippen molar-refractivity contribution in [2.24, 2.45) is 11.3 Å². The first-order chi connectivity index (χ1) is 7.94. The van der Waals surface area contributed by atoms with E-state index in [9.17, 15) is 4.79 Å². The van der Waals surface area contributed by atoms with Crippen molar-refractivity contribution in [3.05, 3.63) is 0 Å². The Morgan fingerprint density at radius 1 is 1.41 bits per heavy atom. The SMILES string of the molecule is CN(CCCC(=O)NN)C1CCC(C)(C)CC1. The van der Waals surface area contributed by atoms with E-state index < -0.39 is 0 Å². The number of rotatable bonds is 5. The molecule has 1 amide bonds. The first-order valence-electron chi connectivity index (χ1n) is 6.64. The molecule has 0 saturated heterocycles. The maximum Gasteiger partial charge on any atom is 0.233 e. The number of amides is 1. The first kappa shape index (κ1) is 14.5. The van der Waals surface area contributed by atoms with Crippen LogP contribution < -0.4 is 11.3 Å². The number of carbonyl (C=O) groups excluding carboxylic acids is 1. The van der Waals surface area contributed by atoms with Crippen molar-refractivity contribution in [1.29, 1.82) is 0 Å². The van der Waals surface area contributed by atoms with Gasteiger partial charge in [-0.15, -0.1) is 0 Å². The zero-order valence-electron chi connectivity index (χ0n) is 11.5. The van der Waals surface area contributed by atoms with E-state index in [-0.39, 0.29) is 5.91 Å². The summed E-state index contributed by atoms with van der Waals surface area (Å²) in [4.78, 5) is 13.4. The first-order valence-corrected chi connectivity index (χ1v) is 6.64. The molecule has 1 aliphatic carbocycles. The Balaban J connectivity index is 2.20. The number of hydrogen-bond acceptors (Lipinski definition) is 3. The van der Waals surface area contributed by atoms with Crippen LogP contribution in [0.2, 0.25) is 0 Å². The second-order valence-corrected chi connectivity index (χ2v) is 6.05. The van der Waals surface area contributed by atoms with E-state index in [1.807, 2.05) is 0 Å². The Kier molecular flexibility index (Phi) is 5.40. The Labute approximate surface area is 105 Å². The van der Waals surface area contributed by atoms with E-state index >= 15 is 0 Å². The lowest BCUT2D eigenvalue weighted by Crippen LogP contribution is -2.38. The minimum absolute atomic E-state index is 0.0665. The van der Waals surface area contributed by atoms with Crippen LogP contribution in [0.5, 0.6) is 0 Å². The van der Waals surface area contributed by atoms with Crippen LogP contribution in [-0.4, -0.2) is 30.4 Å². The standard InChI is InChI=1S/C13H27N3O/c1-13(2)8-6-11(7-9-13)16(3)10-4-5-12(17)15-14/h11H,4-10,14H2,1-3H3,(H,15,17). The average molecular weight is 241 g/mol. The van der Waals surface area contributed by atoms with E-state index in [0.717, 1.165) is 13.0 Å². The summed E-state index contributed by atoms with van der Waals surface area (Å²) >= 11 is 0. The zero-order chi connectivity index (χ0) is 12.9. The summed E-state index contributed by atoms with van der Waals surface area (Å²) in [7, 11) is 2.17. The van der Waals surface area contributed by atoms with E-state index in [1.165, 1.54) is 25.7 Å². The molecule has 4 heteroatoms. The molecule has 1 aliphatic rings. The number of nitrogens with one attached hydrogen (secondary N) is 1. The number of nitrogens with two attached hydrogens (primary N) is 1. The molecule has 17 heavy (non-hydrogen) atoms. The molecule has 0 atom stereocenters. The summed E-state index contributed by atoms with van der Waals surface area (Å²) in [5.74, 6) is 4.98. The van der Waals surface area contributed by atoms with Crippen LogP contribution in [-0.2, 0) is 4.79 Å². The third-order valence-electron chi connectivity index (χ3n) is 4.01. The van der Waals surface area contributed by atoms with E-state index in [0.29, 0.717) is 17.9 Å². The van der Waals surface area contributed by atoms with E-state index in [2.05, 4.69) is 31.2 Å². The molecule has 0 aromatic rings. The van der Waals surface area contributed by atoms with Gasteiger partial charge in [0.1, 0.15) is 0 Å². The Bertz CT molecular complexity index is 243. The number of nitrogens with zero attached hydrogens (tertiary/aromatic N) is 1. The Morgan fingerprint density at radius 3 is 2.53 bits per heavy atom. The number of hydrazine groups is 1. The predicted octanol–water partition coefficient (Wildman–Crippen LogP) is 1.66. The highest BCUT2D eigenvalue weighted by Crippen LogP contribution is 2.36. The quantitative estimate of drug-likeness (QED) is 0.437. The molecule has 4 nitrogen and oxygen atoms in total. The molecule has 0 aromatic carbocycles. The molecule has 0 radical (unpaired) electrons. The van der Waals surface area contributed by atoms with Gasteiger partial charge in [-0.2, -0.15) is 0 Å². The minimum atomic E-state index is -0.0665. The lowest BCUT2D eigenvalue weighted by atomic mass is 9.75. The van der Waals surface area contributed by atoms with Crippen molar-refractivity contribution in [2.45, 2.75) is 58.4 Å². The van der Waals surface area contributed by atoms with Gasteiger partial charge in [0.15, 0.2) is 0 Å². The van der Waals surface area contributed by atoms with Gasteiger partial charge in [-0.25, -0.2) is 5.84 Å². The highest BCUT2D eigenvalue weighted by atomic mass is 16.2. The van der Waals surface area contributed by atoms with Gasteiger partial charge in [-0.3, -0.25) is 10.2 Å². The fraction of sp³-hybridized carbons (Fsp3) is 0.923. The van der Waals surface area contributed by atoms with Crippen LogP contribution in [0.25, 0.3) is 0 Å². The van der Waals surface area contributed by atoms with Crippen LogP contribution in [0.3, 0.4) is 0 Å². The van der Waals surface area contributed by atoms with Gasteiger partial charge in [0.25, 0.3) is 0 Å². The Hall–Kier alpha value is -0.610. The van der Waals surface area contributed by atoms with E-state index in [4.69, 9.17) is 5.84 Å². The van der Waals surface area contributed by atoms with Crippen molar-refractivity contribution >= 4 is 5.91 Å². The minimum Gasteiger partial charge on any atom is -0.303 e. The topological polar surface area (TPSA) is 58.4 Å². The highest BCUT2D eigenvalue weighted by Gasteiger charge is 2.28. The van der Waals surface area contributed by atoms with Crippen molar-refractivity contribution in [3.8, 4) is 0 Å². The van der Waals surface area contributed by atoms with Crippen LogP contribution >= 0.6 is 0 Å². The zero-order valence-corrected chi connectivity index (χ0v) is 11.5. The summed E-state index contributed by atoms with van der Waals surface area (Å²) in [6.07, 6.45) is 6.61. The molecule has 0 bridgehead atoms. The molecule has 0 unspecified atom stereocenters. The van der Waals surface area contributed by atoms with Gasteiger partial charge in [0, 0.05) is 12.5 Å². The fourth-order valence-electron chi connectivity index (χ4n) is 2.57. The molecule has 0 aromatic heterocycles. The summed E-state index contributed by atoms with van der Waals surface area (Å²) in [5.41, 5.74) is 2.70. The normalized spacial score (nSPS) is 20.5. The van der Waals surface area contributed by atoms with Crippen molar-refractivity contribution in [1.82, 2.24) is 10.3 Å². The van der Waals surface area contributed by atoms with Gasteiger partial charge >= 0.3 is 0 Å². The van der Waals surface area contributed by atoms with Crippen LogP contribution in [0.15, 0.2) is 0 Å². The van der Waals surface area contributed by atoms with Gasteiger partial charge in [0.05, 0.1) is 0 Å². The molecule has 0 heterocycles. The van der Waals surface area contributed by atoms with Crippen molar-refractivity contribution < 1.29 is 4.79 Å². The van der Waals surface area contributed by atoms with Crippen LogP contribution in [0.1, 0.15) is 52.4 Å². The summed E-state index contributed by atoms with van der Waals surface area (Å²) < 4.78 is 0. The highest BCUT2D eigenvalue weighted by molar-refractivity contribution is 5.75. The van der Waals surface area contributed by atoms with E-state index in [1.54, 1.807) is 0 Å². The third kappa shape index (κ3) is 5.04. The maximum atomic E-state index is 11.0. The molecule has 1 saturated carbocycles. The summed E-state index contributed by atoms with van der Waals surface area (Å²) in [6, 6.07) is 0.698. The largest absolute Gasteiger partial charge is 0.303 e. The average Bonchev–Trinajstić information content (AvgIpc) is 2.28. The molecule has 3 N–H and O–H groups in total. The lowest BCUT2D eigenvalue weighted by molar-refractivity contribution is -0.121. The molecule has 0 spiro atoms. The number of carbonyl (C=O) groups is 1. The van der Waals surface area contributed by atoms with Gasteiger partial charge < -0.3 is 4.90 Å². The van der Waals surface area contributed by atoms with Crippen molar-refractivity contribution in [3.63, 3.8) is 0 Å². The molecular formula is C13H27N3O. The summed E-state index contributed by atoms with van der Waals surface area (Å²) in [5, 5.41) is 0. The second kappa shape index (κ2) is 6.36. The van der Waals surface area contributed by atoms with Crippen LogP contribution in [0.4, 0.5) is 0 Å². The monoisotopic (exact) mass is 241 g/mol. The maximum absolute atomic E-state index is 11.0. The smallest absolute Gasteiger partial charge is 0.233 e. The second-order valence-electron chi connectivity index (χ2n) is 6.05. The lowest BCUT2D eigenvalue weighted by Gasteiger charge is -2.38. The number of hydrogen-bond donors (Lipinski definition) is 2. The molecule has 1 fully saturated rings. The molecule has 0 aliphatic heterocycles. The predicted molar refractivity (Wildman–Crippen MR) is 70.2 cm³/mol. The van der Waals surface area contributed by atoms with Gasteiger partial charge in [0.2, 0.25) is 5.91 Å². The molecule has 1 rings (SSSR count). The van der Waals surface area contributed by atoms with Gasteiger partial charge in [-0.1, -0.05) is 13.8 Å². The molecular weight excluding hydrogens is 214 g/mol. The third-order valence-corrected chi connectivity index (χ3v) is 4.01. The summed E-state index contributed by atoms with van der Waals surface area (Å²) in [6.45, 7) is 5.70. The fourth-order valence-corrected chi connectivity index (χ4v) is 2.57. The Morgan fingerprint density at radius 2 is 2.00 bits per heavy atom. The van der Waals surface area contributed by atoms with Crippen LogP contribution in [0, 0.1) is 5.41 Å². The van der Waals surface area contributed by atoms with Gasteiger partial charge in [-0.05, 0) is 51.1 Å².